The van der Waals surface area contributed by atoms with Crippen LogP contribution in [0.4, 0.5) is 13.2 Å². The first-order valence-electron chi connectivity index (χ1n) is 9.51. The second-order valence-corrected chi connectivity index (χ2v) is 6.72. The molecule has 0 spiro atoms. The molecule has 0 bridgehead atoms. The van der Waals surface area contributed by atoms with Gasteiger partial charge in [0.15, 0.2) is 11.6 Å². The first kappa shape index (κ1) is 20.5. The highest BCUT2D eigenvalue weighted by molar-refractivity contribution is 5.73. The molecule has 0 fully saturated rings. The van der Waals surface area contributed by atoms with Crippen molar-refractivity contribution in [2.45, 2.75) is 26.7 Å². The number of aryl methyl sites for hydroxylation is 1. The molecule has 29 heavy (non-hydrogen) atoms. The maximum absolute atomic E-state index is 14.3. The normalized spacial score (nSPS) is 10.8. The van der Waals surface area contributed by atoms with E-state index in [1.807, 2.05) is 19.1 Å². The van der Waals surface area contributed by atoms with Crippen LogP contribution >= 0.6 is 0 Å². The first-order valence-corrected chi connectivity index (χ1v) is 9.51. The van der Waals surface area contributed by atoms with E-state index in [2.05, 4.69) is 11.8 Å². The smallest absolute Gasteiger partial charge is 0.166 e. The Labute approximate surface area is 174 Å². The van der Waals surface area contributed by atoms with Crippen LogP contribution in [0.1, 0.15) is 46.8 Å². The van der Waals surface area contributed by atoms with Gasteiger partial charge in [-0.1, -0.05) is 73.9 Å². The predicted octanol–water partition coefficient (Wildman–Crippen LogP) is 8.00. The molecule has 0 aromatic heterocycles. The van der Waals surface area contributed by atoms with Gasteiger partial charge in [-0.25, -0.2) is 13.2 Å². The lowest BCUT2D eigenvalue weighted by Crippen LogP contribution is -1.96. The summed E-state index contributed by atoms with van der Waals surface area (Å²) < 4.78 is 42.6. The van der Waals surface area contributed by atoms with Crippen molar-refractivity contribution in [2.24, 2.45) is 0 Å². The molecule has 3 heteroatoms. The standard InChI is InChI=1S/C26H21F3.3H2/c1-3-5-19-10-16-23(24(27)17-19)20-11-7-18(8-12-20)9-13-22-15-14-21(6-4-2)25(28)26(22)29;;;/h7-17H,4,6H2,1-2H3;3*1H/b13-9+;;;. The van der Waals surface area contributed by atoms with Crippen molar-refractivity contribution in [1.29, 1.82) is 0 Å². The SMILES string of the molecule is CC#Cc1ccc(-c2ccc(/C=C/c3ccc(CCC)c(F)c3F)cc2)c(F)c1.[HH].[HH].[HH]. The summed E-state index contributed by atoms with van der Waals surface area (Å²) in [6.07, 6.45) is 4.52. The fourth-order valence-corrected chi connectivity index (χ4v) is 3.13. The summed E-state index contributed by atoms with van der Waals surface area (Å²) in [5.41, 5.74) is 3.25. The molecule has 0 aliphatic heterocycles. The van der Waals surface area contributed by atoms with E-state index < -0.39 is 11.6 Å². The lowest BCUT2D eigenvalue weighted by Gasteiger charge is -2.06. The lowest BCUT2D eigenvalue weighted by atomic mass is 10.0. The summed E-state index contributed by atoms with van der Waals surface area (Å²) in [7, 11) is 0. The van der Waals surface area contributed by atoms with Crippen LogP contribution in [0.15, 0.2) is 54.6 Å². The highest BCUT2D eigenvalue weighted by Gasteiger charge is 2.11. The summed E-state index contributed by atoms with van der Waals surface area (Å²) in [5.74, 6) is 3.63. The van der Waals surface area contributed by atoms with Crippen LogP contribution in [-0.4, -0.2) is 0 Å². The van der Waals surface area contributed by atoms with Gasteiger partial charge in [-0.2, -0.15) is 0 Å². The zero-order chi connectivity index (χ0) is 20.8. The second kappa shape index (κ2) is 9.30. The molecule has 0 N–H and O–H groups in total. The number of halogens is 3. The van der Waals surface area contributed by atoms with Crippen LogP contribution in [-0.2, 0) is 6.42 Å². The highest BCUT2D eigenvalue weighted by Crippen LogP contribution is 2.25. The average molecular weight is 396 g/mol. The minimum atomic E-state index is -0.832. The Bertz CT molecular complexity index is 1110. The molecule has 0 nitrogen and oxygen atoms in total. The van der Waals surface area contributed by atoms with Gasteiger partial charge in [-0.15, -0.1) is 5.92 Å². The molecule has 152 valence electrons. The second-order valence-electron chi connectivity index (χ2n) is 6.72. The van der Waals surface area contributed by atoms with E-state index >= 15 is 0 Å². The Balaban J connectivity index is 0.00000320. The van der Waals surface area contributed by atoms with Crippen LogP contribution in [0.5, 0.6) is 0 Å². The minimum Gasteiger partial charge on any atom is -0.206 e. The van der Waals surface area contributed by atoms with Crippen LogP contribution < -0.4 is 0 Å². The summed E-state index contributed by atoms with van der Waals surface area (Å²) in [6, 6.07) is 15.3. The Morgan fingerprint density at radius 1 is 0.897 bits per heavy atom. The van der Waals surface area contributed by atoms with Crippen molar-refractivity contribution in [1.82, 2.24) is 0 Å². The quantitative estimate of drug-likeness (QED) is 0.303. The molecule has 0 saturated carbocycles. The minimum absolute atomic E-state index is 0. The molecule has 0 radical (unpaired) electrons. The summed E-state index contributed by atoms with van der Waals surface area (Å²) in [4.78, 5) is 0. The van der Waals surface area contributed by atoms with Gasteiger partial charge in [0.1, 0.15) is 5.82 Å². The monoisotopic (exact) mass is 396 g/mol. The average Bonchev–Trinajstić information content (AvgIpc) is 2.72. The fraction of sp³-hybridized carbons (Fsp3) is 0.154. The molecular formula is C26H27F3. The fourth-order valence-electron chi connectivity index (χ4n) is 3.13. The molecule has 3 aromatic rings. The number of hydrogen-bond acceptors (Lipinski definition) is 0. The maximum Gasteiger partial charge on any atom is 0.166 e. The van der Waals surface area contributed by atoms with Gasteiger partial charge in [0, 0.05) is 21.0 Å². The molecular weight excluding hydrogens is 369 g/mol. The van der Waals surface area contributed by atoms with E-state index in [0.29, 0.717) is 23.1 Å². The molecule has 0 heterocycles. The highest BCUT2D eigenvalue weighted by atomic mass is 19.2. The van der Waals surface area contributed by atoms with Crippen LogP contribution in [0.2, 0.25) is 0 Å². The van der Waals surface area contributed by atoms with Gasteiger partial charge in [0.05, 0.1) is 0 Å². The van der Waals surface area contributed by atoms with Gasteiger partial charge in [-0.3, -0.25) is 0 Å². The van der Waals surface area contributed by atoms with E-state index in [1.54, 1.807) is 55.5 Å². The van der Waals surface area contributed by atoms with Crippen molar-refractivity contribution < 1.29 is 17.5 Å². The van der Waals surface area contributed by atoms with Gasteiger partial charge in [-0.05, 0) is 42.2 Å². The van der Waals surface area contributed by atoms with Crippen molar-refractivity contribution in [3.63, 3.8) is 0 Å². The van der Waals surface area contributed by atoms with E-state index in [0.717, 1.165) is 17.5 Å². The Kier molecular flexibility index (Phi) is 6.57. The third-order valence-corrected chi connectivity index (χ3v) is 4.63. The zero-order valence-electron chi connectivity index (χ0n) is 16.4. The third-order valence-electron chi connectivity index (χ3n) is 4.63. The van der Waals surface area contributed by atoms with Crippen LogP contribution in [0.25, 0.3) is 23.3 Å². The number of hydrogen-bond donors (Lipinski definition) is 0. The number of benzene rings is 3. The first-order chi connectivity index (χ1) is 14.0. The molecule has 3 rings (SSSR count). The van der Waals surface area contributed by atoms with Gasteiger partial charge < -0.3 is 0 Å². The van der Waals surface area contributed by atoms with E-state index in [1.165, 1.54) is 6.07 Å². The van der Waals surface area contributed by atoms with Gasteiger partial charge in [0.2, 0.25) is 0 Å². The maximum atomic E-state index is 14.3. The predicted molar refractivity (Wildman–Crippen MR) is 120 cm³/mol. The Morgan fingerprint density at radius 2 is 1.66 bits per heavy atom. The summed E-state index contributed by atoms with van der Waals surface area (Å²) in [6.45, 7) is 3.63. The largest absolute Gasteiger partial charge is 0.206 e. The summed E-state index contributed by atoms with van der Waals surface area (Å²) in [5, 5.41) is 0. The van der Waals surface area contributed by atoms with Crippen molar-refractivity contribution >= 4 is 12.2 Å². The van der Waals surface area contributed by atoms with Crippen LogP contribution in [0, 0.1) is 29.3 Å². The van der Waals surface area contributed by atoms with E-state index in [9.17, 15) is 13.2 Å². The molecule has 0 aliphatic rings. The molecule has 3 aromatic carbocycles. The van der Waals surface area contributed by atoms with Gasteiger partial charge >= 0.3 is 0 Å². The lowest BCUT2D eigenvalue weighted by molar-refractivity contribution is 0.496. The molecule has 0 unspecified atom stereocenters. The van der Waals surface area contributed by atoms with Crippen molar-refractivity contribution in [3.05, 3.63) is 94.3 Å². The topological polar surface area (TPSA) is 0 Å². The number of rotatable bonds is 5. The summed E-state index contributed by atoms with van der Waals surface area (Å²) >= 11 is 0. The molecule has 0 saturated heterocycles. The Hall–Kier alpha value is -3.25. The van der Waals surface area contributed by atoms with E-state index in [-0.39, 0.29) is 15.7 Å². The van der Waals surface area contributed by atoms with Crippen molar-refractivity contribution in [2.75, 3.05) is 0 Å². The zero-order valence-corrected chi connectivity index (χ0v) is 16.4. The molecule has 0 aliphatic carbocycles. The molecule has 0 atom stereocenters. The third kappa shape index (κ3) is 4.78. The van der Waals surface area contributed by atoms with Gasteiger partial charge in [0.25, 0.3) is 0 Å². The van der Waals surface area contributed by atoms with E-state index in [4.69, 9.17) is 0 Å². The Morgan fingerprint density at radius 3 is 2.31 bits per heavy atom. The molecule has 0 amide bonds. The van der Waals surface area contributed by atoms with Crippen molar-refractivity contribution in [3.8, 4) is 23.0 Å². The van der Waals surface area contributed by atoms with Crippen LogP contribution in [0.3, 0.4) is 0 Å².